The number of nitrogens with one attached hydrogen (secondary N) is 2. The summed E-state index contributed by atoms with van der Waals surface area (Å²) in [5.74, 6) is 0.204. The molecule has 6 heteroatoms. The van der Waals surface area contributed by atoms with Gasteiger partial charge < -0.3 is 10.6 Å². The number of nitriles is 1. The lowest BCUT2D eigenvalue weighted by atomic mass is 10.2. The molecule has 3 rings (SSSR count). The second kappa shape index (κ2) is 7.70. The van der Waals surface area contributed by atoms with Crippen LogP contribution in [0, 0.1) is 11.3 Å². The maximum Gasteiger partial charge on any atom is 0.274 e. The third-order valence-electron chi connectivity index (χ3n) is 3.47. The first kappa shape index (κ1) is 16.1. The van der Waals surface area contributed by atoms with Crippen LogP contribution in [0.3, 0.4) is 0 Å². The van der Waals surface area contributed by atoms with Crippen LogP contribution in [0.1, 0.15) is 21.6 Å². The second-order valence-corrected chi connectivity index (χ2v) is 5.27. The summed E-state index contributed by atoms with van der Waals surface area (Å²) in [6.45, 7) is 0.600. The van der Waals surface area contributed by atoms with Crippen molar-refractivity contribution in [3.05, 3.63) is 83.8 Å². The van der Waals surface area contributed by atoms with Crippen LogP contribution in [0.5, 0.6) is 0 Å². The fourth-order valence-corrected chi connectivity index (χ4v) is 2.23. The van der Waals surface area contributed by atoms with Gasteiger partial charge in [0.05, 0.1) is 11.6 Å². The monoisotopic (exact) mass is 329 g/mol. The van der Waals surface area contributed by atoms with Gasteiger partial charge in [-0.05, 0) is 23.8 Å². The first-order valence-electron chi connectivity index (χ1n) is 7.66. The van der Waals surface area contributed by atoms with Gasteiger partial charge in [0, 0.05) is 18.3 Å². The highest BCUT2D eigenvalue weighted by atomic mass is 16.1. The fraction of sp³-hybridized carbons (Fsp3) is 0.0526. The zero-order chi connectivity index (χ0) is 17.5. The molecule has 0 fully saturated rings. The first-order chi connectivity index (χ1) is 12.2. The van der Waals surface area contributed by atoms with E-state index in [4.69, 9.17) is 5.26 Å². The molecule has 122 valence electrons. The third-order valence-corrected chi connectivity index (χ3v) is 3.47. The predicted octanol–water partition coefficient (Wildman–Crippen LogP) is 3.21. The third kappa shape index (κ3) is 4.39. The Kier molecular flexibility index (Phi) is 4.98. The summed E-state index contributed by atoms with van der Waals surface area (Å²) >= 11 is 0. The SMILES string of the molecule is N#Cc1cccc(NC(=O)c2cc(NCc3ccccc3)ncn2)c1. The molecule has 0 aliphatic rings. The average Bonchev–Trinajstić information content (AvgIpc) is 2.67. The van der Waals surface area contributed by atoms with Crippen LogP contribution in [0.15, 0.2) is 67.0 Å². The Labute approximate surface area is 145 Å². The minimum atomic E-state index is -0.361. The van der Waals surface area contributed by atoms with Gasteiger partial charge in [0.2, 0.25) is 0 Å². The van der Waals surface area contributed by atoms with Crippen LogP contribution < -0.4 is 10.6 Å². The predicted molar refractivity (Wildman–Crippen MR) is 94.9 cm³/mol. The highest BCUT2D eigenvalue weighted by Gasteiger charge is 2.09. The molecule has 0 unspecified atom stereocenters. The minimum absolute atomic E-state index is 0.243. The molecule has 0 atom stereocenters. The molecule has 1 amide bonds. The minimum Gasteiger partial charge on any atom is -0.366 e. The molecule has 2 N–H and O–H groups in total. The molecule has 0 bridgehead atoms. The van der Waals surface area contributed by atoms with Crippen molar-refractivity contribution in [2.75, 3.05) is 10.6 Å². The molecule has 0 radical (unpaired) electrons. The Hall–Kier alpha value is -3.72. The summed E-state index contributed by atoms with van der Waals surface area (Å²) in [5.41, 5.74) is 2.38. The standard InChI is InChI=1S/C19H15N5O/c20-11-15-7-4-8-16(9-15)24-19(25)17-10-18(23-13-22-17)21-12-14-5-2-1-3-6-14/h1-10,13H,12H2,(H,24,25)(H,21,22,23). The van der Waals surface area contributed by atoms with Crippen molar-refractivity contribution in [3.8, 4) is 6.07 Å². The summed E-state index contributed by atoms with van der Waals surface area (Å²) in [7, 11) is 0. The van der Waals surface area contributed by atoms with Crippen molar-refractivity contribution in [2.45, 2.75) is 6.54 Å². The van der Waals surface area contributed by atoms with Gasteiger partial charge in [-0.1, -0.05) is 36.4 Å². The van der Waals surface area contributed by atoms with Crippen LogP contribution >= 0.6 is 0 Å². The fourth-order valence-electron chi connectivity index (χ4n) is 2.23. The number of carbonyl (C=O) groups is 1. The van der Waals surface area contributed by atoms with E-state index in [-0.39, 0.29) is 11.6 Å². The van der Waals surface area contributed by atoms with Crippen molar-refractivity contribution in [2.24, 2.45) is 0 Å². The number of benzene rings is 2. The van der Waals surface area contributed by atoms with E-state index in [1.165, 1.54) is 6.33 Å². The number of hydrogen-bond donors (Lipinski definition) is 2. The Bertz CT molecular complexity index is 918. The van der Waals surface area contributed by atoms with Crippen LogP contribution in [0.2, 0.25) is 0 Å². The molecule has 1 aromatic heterocycles. The average molecular weight is 329 g/mol. The van der Waals surface area contributed by atoms with E-state index in [0.717, 1.165) is 5.56 Å². The van der Waals surface area contributed by atoms with Gasteiger partial charge in [-0.3, -0.25) is 4.79 Å². The van der Waals surface area contributed by atoms with Gasteiger partial charge >= 0.3 is 0 Å². The van der Waals surface area contributed by atoms with E-state index >= 15 is 0 Å². The van der Waals surface area contributed by atoms with E-state index in [9.17, 15) is 4.79 Å². The Balaban J connectivity index is 1.68. The lowest BCUT2D eigenvalue weighted by molar-refractivity contribution is 0.102. The number of nitrogens with zero attached hydrogens (tertiary/aromatic N) is 3. The molecule has 0 spiro atoms. The van der Waals surface area contributed by atoms with E-state index in [1.807, 2.05) is 36.4 Å². The van der Waals surface area contributed by atoms with Gasteiger partial charge in [0.25, 0.3) is 5.91 Å². The van der Waals surface area contributed by atoms with Crippen LogP contribution in [0.25, 0.3) is 0 Å². The van der Waals surface area contributed by atoms with Crippen molar-refractivity contribution >= 4 is 17.4 Å². The van der Waals surface area contributed by atoms with Crippen molar-refractivity contribution in [1.29, 1.82) is 5.26 Å². The van der Waals surface area contributed by atoms with Gasteiger partial charge in [0.15, 0.2) is 0 Å². The molecule has 0 saturated heterocycles. The normalized spacial score (nSPS) is 9.88. The molecule has 3 aromatic rings. The number of aromatic nitrogens is 2. The maximum absolute atomic E-state index is 12.3. The van der Waals surface area contributed by atoms with E-state index in [1.54, 1.807) is 30.3 Å². The molecule has 6 nitrogen and oxygen atoms in total. The van der Waals surface area contributed by atoms with Gasteiger partial charge in [-0.2, -0.15) is 5.26 Å². The lowest BCUT2D eigenvalue weighted by Crippen LogP contribution is -2.14. The summed E-state index contributed by atoms with van der Waals surface area (Å²) in [4.78, 5) is 20.5. The molecule has 0 aliphatic carbocycles. The summed E-state index contributed by atoms with van der Waals surface area (Å²) < 4.78 is 0. The second-order valence-electron chi connectivity index (χ2n) is 5.27. The number of carbonyl (C=O) groups excluding carboxylic acids is 1. The number of hydrogen-bond acceptors (Lipinski definition) is 5. The Morgan fingerprint density at radius 3 is 2.68 bits per heavy atom. The Morgan fingerprint density at radius 2 is 1.88 bits per heavy atom. The molecule has 25 heavy (non-hydrogen) atoms. The molecule has 1 heterocycles. The highest BCUT2D eigenvalue weighted by Crippen LogP contribution is 2.12. The van der Waals surface area contributed by atoms with Crippen molar-refractivity contribution < 1.29 is 4.79 Å². The van der Waals surface area contributed by atoms with Crippen molar-refractivity contribution in [3.63, 3.8) is 0 Å². The topological polar surface area (TPSA) is 90.7 Å². The largest absolute Gasteiger partial charge is 0.366 e. The Morgan fingerprint density at radius 1 is 1.04 bits per heavy atom. The number of rotatable bonds is 5. The molecule has 0 saturated carbocycles. The summed E-state index contributed by atoms with van der Waals surface area (Å²) in [5, 5.41) is 14.8. The van der Waals surface area contributed by atoms with Crippen LogP contribution in [-0.2, 0) is 6.54 Å². The first-order valence-corrected chi connectivity index (χ1v) is 7.66. The van der Waals surface area contributed by atoms with E-state index in [0.29, 0.717) is 23.6 Å². The smallest absolute Gasteiger partial charge is 0.274 e. The lowest BCUT2D eigenvalue weighted by Gasteiger charge is -2.08. The zero-order valence-electron chi connectivity index (χ0n) is 13.3. The zero-order valence-corrected chi connectivity index (χ0v) is 13.3. The van der Waals surface area contributed by atoms with E-state index in [2.05, 4.69) is 20.6 Å². The number of amides is 1. The summed E-state index contributed by atoms with van der Waals surface area (Å²) in [6, 6.07) is 20.2. The summed E-state index contributed by atoms with van der Waals surface area (Å²) in [6.07, 6.45) is 1.34. The molecule has 0 aliphatic heterocycles. The van der Waals surface area contributed by atoms with Crippen LogP contribution in [0.4, 0.5) is 11.5 Å². The van der Waals surface area contributed by atoms with Crippen molar-refractivity contribution in [1.82, 2.24) is 9.97 Å². The van der Waals surface area contributed by atoms with E-state index < -0.39 is 0 Å². The van der Waals surface area contributed by atoms with Gasteiger partial charge in [0.1, 0.15) is 17.8 Å². The maximum atomic E-state index is 12.3. The highest BCUT2D eigenvalue weighted by molar-refractivity contribution is 6.03. The molecule has 2 aromatic carbocycles. The molecular weight excluding hydrogens is 314 g/mol. The van der Waals surface area contributed by atoms with Gasteiger partial charge in [-0.15, -0.1) is 0 Å². The number of anilines is 2. The van der Waals surface area contributed by atoms with Crippen LogP contribution in [-0.4, -0.2) is 15.9 Å². The van der Waals surface area contributed by atoms with Gasteiger partial charge in [-0.25, -0.2) is 9.97 Å². The molecular formula is C19H15N5O. The quantitative estimate of drug-likeness (QED) is 0.750.